The fourth-order valence-corrected chi connectivity index (χ4v) is 3.31. The smallest absolute Gasteiger partial charge is 0.319 e. The molecular formula is C22H26O3. The van der Waals surface area contributed by atoms with Crippen LogP contribution in [0.4, 0.5) is 0 Å². The van der Waals surface area contributed by atoms with Gasteiger partial charge in [0.1, 0.15) is 5.75 Å². The summed E-state index contributed by atoms with van der Waals surface area (Å²) in [6.45, 7) is 4.21. The molecule has 0 radical (unpaired) electrons. The Hall–Kier alpha value is -2.29. The molecule has 1 unspecified atom stereocenters. The van der Waals surface area contributed by atoms with E-state index in [1.807, 2.05) is 49.4 Å². The third-order valence-electron chi connectivity index (χ3n) is 4.78. The van der Waals surface area contributed by atoms with Gasteiger partial charge in [-0.1, -0.05) is 69.4 Å². The van der Waals surface area contributed by atoms with Gasteiger partial charge in [-0.3, -0.25) is 4.79 Å². The number of hydrogen-bond acceptors (Lipinski definition) is 3. The fourth-order valence-electron chi connectivity index (χ4n) is 3.31. The first kappa shape index (κ1) is 17.5. The normalized spacial score (nSPS) is 15.8. The Morgan fingerprint density at radius 1 is 0.960 bits per heavy atom. The van der Waals surface area contributed by atoms with E-state index >= 15 is 0 Å². The lowest BCUT2D eigenvalue weighted by atomic mass is 9.94. The Bertz CT molecular complexity index is 736. The largest absolute Gasteiger partial charge is 0.453 e. The maximum absolute atomic E-state index is 12.3. The number of carbonyl (C=O) groups is 1. The van der Waals surface area contributed by atoms with Crippen LogP contribution in [0, 0.1) is 6.92 Å². The number of fused-ring (bicyclic) bond motifs is 1. The molecule has 1 atom stereocenters. The van der Waals surface area contributed by atoms with Crippen LogP contribution in [0.1, 0.15) is 62.5 Å². The van der Waals surface area contributed by atoms with Gasteiger partial charge in [-0.15, -0.1) is 0 Å². The Kier molecular flexibility index (Phi) is 5.75. The second-order valence-corrected chi connectivity index (χ2v) is 6.72. The van der Waals surface area contributed by atoms with Crippen LogP contribution in [0.25, 0.3) is 0 Å². The number of para-hydroxylation sites is 2. The van der Waals surface area contributed by atoms with Crippen LogP contribution in [0.3, 0.4) is 0 Å². The summed E-state index contributed by atoms with van der Waals surface area (Å²) < 4.78 is 11.6. The molecule has 0 saturated heterocycles. The maximum Gasteiger partial charge on any atom is 0.319 e. The van der Waals surface area contributed by atoms with Gasteiger partial charge in [-0.25, -0.2) is 0 Å². The molecule has 2 aromatic rings. The molecule has 132 valence electrons. The SMILES string of the molecule is CCCCCCCC1C(=O)Oc2c(Oc3ccccc3C)cccc21. The van der Waals surface area contributed by atoms with Gasteiger partial charge < -0.3 is 9.47 Å². The fraction of sp³-hybridized carbons (Fsp3) is 0.409. The van der Waals surface area contributed by atoms with E-state index in [0.29, 0.717) is 11.5 Å². The summed E-state index contributed by atoms with van der Waals surface area (Å²) in [5.41, 5.74) is 2.02. The number of aryl methyl sites for hydroxylation is 1. The highest BCUT2D eigenvalue weighted by Gasteiger charge is 2.35. The summed E-state index contributed by atoms with van der Waals surface area (Å²) in [6, 6.07) is 13.6. The Balaban J connectivity index is 1.73. The molecule has 0 saturated carbocycles. The van der Waals surface area contributed by atoms with Gasteiger partial charge in [0, 0.05) is 5.56 Å². The topological polar surface area (TPSA) is 35.5 Å². The molecule has 0 amide bonds. The van der Waals surface area contributed by atoms with Crippen molar-refractivity contribution in [3.05, 3.63) is 53.6 Å². The average Bonchev–Trinajstić information content (AvgIpc) is 2.93. The first-order valence-electron chi connectivity index (χ1n) is 9.28. The summed E-state index contributed by atoms with van der Waals surface area (Å²) >= 11 is 0. The van der Waals surface area contributed by atoms with Crippen LogP contribution in [0.5, 0.6) is 17.2 Å². The predicted octanol–water partition coefficient (Wildman–Crippen LogP) is 6.15. The maximum atomic E-state index is 12.3. The lowest BCUT2D eigenvalue weighted by molar-refractivity contribution is -0.134. The van der Waals surface area contributed by atoms with E-state index in [4.69, 9.17) is 9.47 Å². The van der Waals surface area contributed by atoms with Crippen molar-refractivity contribution in [1.29, 1.82) is 0 Å². The molecule has 1 heterocycles. The predicted molar refractivity (Wildman–Crippen MR) is 99.4 cm³/mol. The second-order valence-electron chi connectivity index (χ2n) is 6.72. The van der Waals surface area contributed by atoms with Crippen LogP contribution in [-0.4, -0.2) is 5.97 Å². The zero-order chi connectivity index (χ0) is 17.6. The summed E-state index contributed by atoms with van der Waals surface area (Å²) in [4.78, 5) is 12.3. The number of carbonyl (C=O) groups excluding carboxylic acids is 1. The first-order chi connectivity index (χ1) is 12.2. The van der Waals surface area contributed by atoms with Crippen molar-refractivity contribution >= 4 is 5.97 Å². The van der Waals surface area contributed by atoms with Crippen molar-refractivity contribution in [2.24, 2.45) is 0 Å². The lowest BCUT2D eigenvalue weighted by Gasteiger charge is -2.11. The highest BCUT2D eigenvalue weighted by Crippen LogP contribution is 2.45. The molecule has 1 aliphatic heterocycles. The minimum absolute atomic E-state index is 0.147. The quantitative estimate of drug-likeness (QED) is 0.329. The molecule has 2 aromatic carbocycles. The molecule has 0 N–H and O–H groups in total. The Labute approximate surface area is 150 Å². The third-order valence-corrected chi connectivity index (χ3v) is 4.78. The van der Waals surface area contributed by atoms with Crippen LogP contribution in [0.15, 0.2) is 42.5 Å². The molecule has 0 fully saturated rings. The van der Waals surface area contributed by atoms with Gasteiger partial charge in [-0.2, -0.15) is 0 Å². The van der Waals surface area contributed by atoms with E-state index < -0.39 is 0 Å². The van der Waals surface area contributed by atoms with Crippen molar-refractivity contribution in [1.82, 2.24) is 0 Å². The van der Waals surface area contributed by atoms with E-state index in [2.05, 4.69) is 6.92 Å². The van der Waals surface area contributed by atoms with Crippen LogP contribution in [-0.2, 0) is 4.79 Å². The van der Waals surface area contributed by atoms with Gasteiger partial charge in [0.25, 0.3) is 0 Å². The summed E-state index contributed by atoms with van der Waals surface area (Å²) in [5.74, 6) is 1.70. The van der Waals surface area contributed by atoms with Gasteiger partial charge in [0.15, 0.2) is 11.5 Å². The number of benzene rings is 2. The van der Waals surface area contributed by atoms with Crippen molar-refractivity contribution in [3.8, 4) is 17.2 Å². The highest BCUT2D eigenvalue weighted by atomic mass is 16.6. The van der Waals surface area contributed by atoms with E-state index in [1.54, 1.807) is 0 Å². The van der Waals surface area contributed by atoms with E-state index in [1.165, 1.54) is 25.7 Å². The van der Waals surface area contributed by atoms with Crippen LogP contribution < -0.4 is 9.47 Å². The third kappa shape index (κ3) is 4.04. The summed E-state index contributed by atoms with van der Waals surface area (Å²) in [7, 11) is 0. The van der Waals surface area contributed by atoms with Crippen LogP contribution >= 0.6 is 0 Å². The minimum atomic E-state index is -0.156. The van der Waals surface area contributed by atoms with Gasteiger partial charge in [-0.05, 0) is 31.0 Å². The zero-order valence-electron chi connectivity index (χ0n) is 15.1. The van der Waals surface area contributed by atoms with E-state index in [9.17, 15) is 4.79 Å². The van der Waals surface area contributed by atoms with Gasteiger partial charge in [0.05, 0.1) is 5.92 Å². The number of ether oxygens (including phenoxy) is 2. The van der Waals surface area contributed by atoms with Crippen molar-refractivity contribution in [2.75, 3.05) is 0 Å². The Morgan fingerprint density at radius 2 is 1.72 bits per heavy atom. The number of esters is 1. The van der Waals surface area contributed by atoms with Crippen molar-refractivity contribution in [2.45, 2.75) is 58.3 Å². The second kappa shape index (κ2) is 8.19. The average molecular weight is 338 g/mol. The number of rotatable bonds is 8. The molecule has 0 spiro atoms. The van der Waals surface area contributed by atoms with E-state index in [-0.39, 0.29) is 11.9 Å². The zero-order valence-corrected chi connectivity index (χ0v) is 15.1. The molecule has 3 rings (SSSR count). The lowest BCUT2D eigenvalue weighted by Crippen LogP contribution is -2.10. The van der Waals surface area contributed by atoms with Crippen molar-refractivity contribution in [3.63, 3.8) is 0 Å². The van der Waals surface area contributed by atoms with Crippen molar-refractivity contribution < 1.29 is 14.3 Å². The monoisotopic (exact) mass is 338 g/mol. The Morgan fingerprint density at radius 3 is 2.52 bits per heavy atom. The number of unbranched alkanes of at least 4 members (excludes halogenated alkanes) is 4. The standard InChI is InChI=1S/C22H26O3/c1-3-4-5-6-7-12-18-17-13-10-15-20(21(17)25-22(18)23)24-19-14-9-8-11-16(19)2/h8-11,13-15,18H,3-7,12H2,1-2H3. The molecule has 3 nitrogen and oxygen atoms in total. The van der Waals surface area contributed by atoms with Gasteiger partial charge >= 0.3 is 5.97 Å². The molecule has 0 aromatic heterocycles. The summed E-state index contributed by atoms with van der Waals surface area (Å²) in [5, 5.41) is 0. The van der Waals surface area contributed by atoms with E-state index in [0.717, 1.165) is 29.7 Å². The molecule has 3 heteroatoms. The first-order valence-corrected chi connectivity index (χ1v) is 9.28. The molecule has 25 heavy (non-hydrogen) atoms. The highest BCUT2D eigenvalue weighted by molar-refractivity contribution is 5.87. The summed E-state index contributed by atoms with van der Waals surface area (Å²) in [6.07, 6.45) is 6.81. The minimum Gasteiger partial charge on any atom is -0.453 e. The molecule has 1 aliphatic rings. The van der Waals surface area contributed by atoms with Gasteiger partial charge in [0.2, 0.25) is 0 Å². The molecule has 0 bridgehead atoms. The molecule has 0 aliphatic carbocycles. The molecular weight excluding hydrogens is 312 g/mol. The number of hydrogen-bond donors (Lipinski definition) is 0. The van der Waals surface area contributed by atoms with Crippen LogP contribution in [0.2, 0.25) is 0 Å².